The van der Waals surface area contributed by atoms with Crippen LogP contribution in [-0.2, 0) is 6.18 Å². The number of benzene rings is 2. The third-order valence-electron chi connectivity index (χ3n) is 3.31. The van der Waals surface area contributed by atoms with Crippen LogP contribution in [0.25, 0.3) is 0 Å². The van der Waals surface area contributed by atoms with Gasteiger partial charge in [0.2, 0.25) is 6.79 Å². The monoisotopic (exact) mass is 370 g/mol. The second kappa shape index (κ2) is 6.64. The van der Waals surface area contributed by atoms with Gasteiger partial charge in [0.05, 0.1) is 16.8 Å². The zero-order valence-corrected chi connectivity index (χ0v) is 13.2. The van der Waals surface area contributed by atoms with Crippen LogP contribution < -0.4 is 14.9 Å². The molecule has 2 aromatic carbocycles. The van der Waals surface area contributed by atoms with Crippen LogP contribution in [0, 0.1) is 0 Å². The topological polar surface area (TPSA) is 59.9 Å². The van der Waals surface area contributed by atoms with Gasteiger partial charge in [0.15, 0.2) is 11.5 Å². The second-order valence-corrected chi connectivity index (χ2v) is 5.41. The lowest BCUT2D eigenvalue weighted by molar-refractivity contribution is -0.137. The molecule has 0 spiro atoms. The summed E-state index contributed by atoms with van der Waals surface area (Å²) in [5.41, 5.74) is 1.53. The summed E-state index contributed by atoms with van der Waals surface area (Å²) in [4.78, 5) is 11.9. The molecular weight excluding hydrogens is 361 g/mol. The van der Waals surface area contributed by atoms with E-state index >= 15 is 0 Å². The molecule has 0 fully saturated rings. The van der Waals surface area contributed by atoms with Gasteiger partial charge in [-0.2, -0.15) is 18.3 Å². The van der Waals surface area contributed by atoms with Gasteiger partial charge in [0, 0.05) is 17.2 Å². The van der Waals surface area contributed by atoms with Gasteiger partial charge in [-0.05, 0) is 24.3 Å². The van der Waals surface area contributed by atoms with Crippen molar-refractivity contribution in [2.24, 2.45) is 5.10 Å². The minimum absolute atomic E-state index is 0.0819. The van der Waals surface area contributed by atoms with Crippen LogP contribution >= 0.6 is 11.6 Å². The van der Waals surface area contributed by atoms with Gasteiger partial charge < -0.3 is 9.47 Å². The van der Waals surface area contributed by atoms with Gasteiger partial charge in [-0.1, -0.05) is 17.7 Å². The van der Waals surface area contributed by atoms with Crippen molar-refractivity contribution in [3.8, 4) is 11.5 Å². The lowest BCUT2D eigenvalue weighted by Crippen LogP contribution is -2.18. The van der Waals surface area contributed by atoms with Crippen molar-refractivity contribution in [3.63, 3.8) is 0 Å². The van der Waals surface area contributed by atoms with E-state index in [1.807, 2.05) is 0 Å². The summed E-state index contributed by atoms with van der Waals surface area (Å²) < 4.78 is 48.3. The number of alkyl halides is 3. The maximum atomic E-state index is 12.7. The van der Waals surface area contributed by atoms with Crippen molar-refractivity contribution in [1.82, 2.24) is 5.43 Å². The van der Waals surface area contributed by atoms with Crippen LogP contribution in [0.4, 0.5) is 13.2 Å². The Morgan fingerprint density at radius 2 is 1.92 bits per heavy atom. The van der Waals surface area contributed by atoms with Gasteiger partial charge >= 0.3 is 6.18 Å². The molecular formula is C16H10ClF3N2O3. The molecule has 1 N–H and O–H groups in total. The van der Waals surface area contributed by atoms with Gasteiger partial charge in [-0.3, -0.25) is 4.79 Å². The van der Waals surface area contributed by atoms with E-state index in [1.54, 1.807) is 12.1 Å². The van der Waals surface area contributed by atoms with Crippen LogP contribution in [0.2, 0.25) is 5.02 Å². The number of rotatable bonds is 3. The quantitative estimate of drug-likeness (QED) is 0.659. The zero-order chi connectivity index (χ0) is 18.0. The Morgan fingerprint density at radius 3 is 2.64 bits per heavy atom. The number of hydrogen-bond donors (Lipinski definition) is 1. The molecule has 0 saturated heterocycles. The zero-order valence-electron chi connectivity index (χ0n) is 12.4. The molecule has 0 aromatic heterocycles. The molecule has 1 aliphatic heterocycles. The van der Waals surface area contributed by atoms with Gasteiger partial charge in [-0.25, -0.2) is 5.43 Å². The van der Waals surface area contributed by atoms with Crippen molar-refractivity contribution in [2.45, 2.75) is 6.18 Å². The predicted octanol–water partition coefficient (Wildman–Crippen LogP) is 3.85. The third kappa shape index (κ3) is 3.85. The molecule has 1 amide bonds. The van der Waals surface area contributed by atoms with Crippen molar-refractivity contribution in [1.29, 1.82) is 0 Å². The SMILES string of the molecule is O=C(N/N=C/c1cc2c(cc1Cl)OCO2)c1cccc(C(F)(F)F)c1. The van der Waals surface area contributed by atoms with Crippen molar-refractivity contribution < 1.29 is 27.4 Å². The summed E-state index contributed by atoms with van der Waals surface area (Å²) in [5, 5.41) is 4.03. The Kier molecular flexibility index (Phi) is 4.54. The lowest BCUT2D eigenvalue weighted by Gasteiger charge is -2.07. The molecule has 0 radical (unpaired) electrons. The molecule has 130 valence electrons. The summed E-state index contributed by atoms with van der Waals surface area (Å²) in [7, 11) is 0. The normalized spacial score (nSPS) is 13.3. The fourth-order valence-electron chi connectivity index (χ4n) is 2.09. The third-order valence-corrected chi connectivity index (χ3v) is 3.64. The minimum Gasteiger partial charge on any atom is -0.454 e. The van der Waals surface area contributed by atoms with Crippen LogP contribution in [-0.4, -0.2) is 18.9 Å². The first kappa shape index (κ1) is 17.1. The second-order valence-electron chi connectivity index (χ2n) is 5.00. The number of carbonyl (C=O) groups is 1. The van der Waals surface area contributed by atoms with Gasteiger partial charge in [-0.15, -0.1) is 0 Å². The minimum atomic E-state index is -4.53. The number of fused-ring (bicyclic) bond motifs is 1. The number of nitrogens with one attached hydrogen (secondary N) is 1. The maximum Gasteiger partial charge on any atom is 0.416 e. The molecule has 1 heterocycles. The summed E-state index contributed by atoms with van der Waals surface area (Å²) >= 11 is 6.05. The standard InChI is InChI=1S/C16H10ClF3N2O3/c17-12-6-14-13(24-8-25-14)5-10(12)7-21-22-15(23)9-2-1-3-11(4-9)16(18,19)20/h1-7H,8H2,(H,22,23)/b21-7+. The highest BCUT2D eigenvalue weighted by Gasteiger charge is 2.30. The summed E-state index contributed by atoms with van der Waals surface area (Å²) in [6.45, 7) is 0.0819. The first-order valence-electron chi connectivity index (χ1n) is 6.94. The Morgan fingerprint density at radius 1 is 1.20 bits per heavy atom. The molecule has 5 nitrogen and oxygen atoms in total. The van der Waals surface area contributed by atoms with E-state index in [4.69, 9.17) is 21.1 Å². The number of halogens is 4. The van der Waals surface area contributed by atoms with E-state index in [1.165, 1.54) is 12.3 Å². The average Bonchev–Trinajstić information content (AvgIpc) is 3.01. The van der Waals surface area contributed by atoms with E-state index < -0.39 is 17.6 Å². The molecule has 3 rings (SSSR count). The molecule has 25 heavy (non-hydrogen) atoms. The molecule has 0 aliphatic carbocycles. The highest BCUT2D eigenvalue weighted by molar-refractivity contribution is 6.33. The molecule has 0 unspecified atom stereocenters. The van der Waals surface area contributed by atoms with E-state index in [0.29, 0.717) is 22.1 Å². The first-order valence-corrected chi connectivity index (χ1v) is 7.32. The van der Waals surface area contributed by atoms with Crippen molar-refractivity contribution >= 4 is 23.7 Å². The lowest BCUT2D eigenvalue weighted by atomic mass is 10.1. The molecule has 0 saturated carbocycles. The van der Waals surface area contributed by atoms with Gasteiger partial charge in [0.1, 0.15) is 0 Å². The molecule has 0 bridgehead atoms. The number of ether oxygens (including phenoxy) is 2. The number of hydrogen-bond acceptors (Lipinski definition) is 4. The Bertz CT molecular complexity index is 853. The Hall–Kier alpha value is -2.74. The van der Waals surface area contributed by atoms with E-state index in [9.17, 15) is 18.0 Å². The van der Waals surface area contributed by atoms with Crippen LogP contribution in [0.3, 0.4) is 0 Å². The highest BCUT2D eigenvalue weighted by atomic mass is 35.5. The van der Waals surface area contributed by atoms with Crippen LogP contribution in [0.15, 0.2) is 41.5 Å². The number of nitrogens with zero attached hydrogens (tertiary/aromatic N) is 1. The van der Waals surface area contributed by atoms with Crippen LogP contribution in [0.1, 0.15) is 21.5 Å². The smallest absolute Gasteiger partial charge is 0.416 e. The van der Waals surface area contributed by atoms with Crippen molar-refractivity contribution in [2.75, 3.05) is 6.79 Å². The van der Waals surface area contributed by atoms with Crippen molar-refractivity contribution in [3.05, 3.63) is 58.1 Å². The summed E-state index contributed by atoms with van der Waals surface area (Å²) in [5.74, 6) is 0.199. The first-order chi connectivity index (χ1) is 11.8. The summed E-state index contributed by atoms with van der Waals surface area (Å²) in [6.07, 6.45) is -3.27. The van der Waals surface area contributed by atoms with Gasteiger partial charge in [0.25, 0.3) is 5.91 Å². The summed E-state index contributed by atoms with van der Waals surface area (Å²) in [6, 6.07) is 7.15. The maximum absolute atomic E-state index is 12.7. The van der Waals surface area contributed by atoms with Crippen LogP contribution in [0.5, 0.6) is 11.5 Å². The number of carbonyl (C=O) groups excluding carboxylic acids is 1. The van der Waals surface area contributed by atoms with E-state index in [2.05, 4.69) is 10.5 Å². The fourth-order valence-corrected chi connectivity index (χ4v) is 2.30. The largest absolute Gasteiger partial charge is 0.454 e. The number of hydrazone groups is 1. The fraction of sp³-hybridized carbons (Fsp3) is 0.125. The van der Waals surface area contributed by atoms with E-state index in [-0.39, 0.29) is 12.4 Å². The Labute approximate surface area is 145 Å². The average molecular weight is 371 g/mol. The molecule has 1 aliphatic rings. The molecule has 9 heteroatoms. The highest BCUT2D eigenvalue weighted by Crippen LogP contribution is 2.36. The Balaban J connectivity index is 1.72. The predicted molar refractivity (Wildman–Crippen MR) is 84.1 cm³/mol. The molecule has 0 atom stereocenters. The van der Waals surface area contributed by atoms with E-state index in [0.717, 1.165) is 18.2 Å². The molecule has 2 aromatic rings. The number of amides is 1.